The molecule has 0 saturated carbocycles. The first kappa shape index (κ1) is 29.9. The van der Waals surface area contributed by atoms with Gasteiger partial charge >= 0.3 is 11.9 Å². The van der Waals surface area contributed by atoms with Crippen molar-refractivity contribution < 1.29 is 33.0 Å². The molecule has 0 spiro atoms. The number of methoxy groups -OCH3 is 3. The van der Waals surface area contributed by atoms with Gasteiger partial charge in [0.05, 0.1) is 55.3 Å². The van der Waals surface area contributed by atoms with Crippen LogP contribution in [0, 0.1) is 0 Å². The standard InChI is InChI=1S/C31H27ClN2O8S/c1-6-41-30(37)26-16(2)33-31-34(27(26)17-7-11-23(38-3)24(13-17)39-4)28(35)25(43-31)15-19-9-12-22(42-19)21-14-18(32)8-10-20(21)29(36)40-5/h7-15,27H,6H2,1-5H3/b25-15+/t27-/m1/s1. The number of carbonyl (C=O) groups is 2. The highest BCUT2D eigenvalue weighted by molar-refractivity contribution is 7.07. The number of esters is 2. The summed E-state index contributed by atoms with van der Waals surface area (Å²) >= 11 is 7.34. The summed E-state index contributed by atoms with van der Waals surface area (Å²) in [5.41, 5.74) is 1.63. The van der Waals surface area contributed by atoms with E-state index in [1.807, 2.05) is 0 Å². The molecule has 0 fully saturated rings. The van der Waals surface area contributed by atoms with Gasteiger partial charge in [-0.15, -0.1) is 0 Å². The number of furan rings is 1. The summed E-state index contributed by atoms with van der Waals surface area (Å²) in [5.74, 6) is 0.555. The lowest BCUT2D eigenvalue weighted by Gasteiger charge is -2.25. The number of benzene rings is 2. The van der Waals surface area contributed by atoms with Crippen LogP contribution in [0.25, 0.3) is 17.4 Å². The first-order valence-corrected chi connectivity index (χ1v) is 14.3. The van der Waals surface area contributed by atoms with Gasteiger partial charge in [0.2, 0.25) is 0 Å². The molecule has 1 atom stereocenters. The molecule has 0 aliphatic carbocycles. The Balaban J connectivity index is 1.65. The fourth-order valence-electron chi connectivity index (χ4n) is 4.84. The summed E-state index contributed by atoms with van der Waals surface area (Å²) < 4.78 is 28.9. The Morgan fingerprint density at radius 1 is 1.05 bits per heavy atom. The van der Waals surface area contributed by atoms with Crippen LogP contribution in [0.15, 0.2) is 74.0 Å². The fraction of sp³-hybridized carbons (Fsp3) is 0.226. The quantitative estimate of drug-likeness (QED) is 0.263. The van der Waals surface area contributed by atoms with E-state index in [-0.39, 0.29) is 23.3 Å². The molecule has 5 rings (SSSR count). The molecule has 1 aliphatic rings. The average molecular weight is 623 g/mol. The number of halogens is 1. The SMILES string of the molecule is CCOC(=O)C1=C(C)N=c2s/c(=C/c3ccc(-c4cc(Cl)ccc4C(=O)OC)o3)c(=O)n2[C@@H]1c1ccc(OC)c(OC)c1. The topological polar surface area (TPSA) is 119 Å². The number of allylic oxidation sites excluding steroid dienone is 1. The van der Waals surface area contributed by atoms with Crippen LogP contribution in [0.1, 0.15) is 41.6 Å². The molecule has 222 valence electrons. The highest BCUT2D eigenvalue weighted by atomic mass is 35.5. The van der Waals surface area contributed by atoms with E-state index in [1.165, 1.54) is 25.9 Å². The van der Waals surface area contributed by atoms with Crippen LogP contribution >= 0.6 is 22.9 Å². The first-order valence-electron chi connectivity index (χ1n) is 13.1. The van der Waals surface area contributed by atoms with Gasteiger partial charge in [-0.05, 0) is 61.9 Å². The minimum absolute atomic E-state index is 0.157. The lowest BCUT2D eigenvalue weighted by molar-refractivity contribution is -0.139. The summed E-state index contributed by atoms with van der Waals surface area (Å²) in [6.07, 6.45) is 1.59. The van der Waals surface area contributed by atoms with Crippen LogP contribution < -0.4 is 24.4 Å². The molecule has 0 bridgehead atoms. The molecule has 0 N–H and O–H groups in total. The molecule has 1 aliphatic heterocycles. The molecular formula is C31H27ClN2O8S. The zero-order valence-electron chi connectivity index (χ0n) is 23.9. The third kappa shape index (κ3) is 5.61. The second-order valence-electron chi connectivity index (χ2n) is 9.30. The maximum Gasteiger partial charge on any atom is 0.338 e. The Bertz CT molecular complexity index is 1950. The van der Waals surface area contributed by atoms with Gasteiger partial charge in [0.15, 0.2) is 16.3 Å². The normalized spacial score (nSPS) is 14.7. The van der Waals surface area contributed by atoms with Crippen molar-refractivity contribution >= 4 is 41.0 Å². The van der Waals surface area contributed by atoms with E-state index < -0.39 is 18.0 Å². The lowest BCUT2D eigenvalue weighted by Crippen LogP contribution is -2.39. The Morgan fingerprint density at radius 3 is 2.51 bits per heavy atom. The number of fused-ring (bicyclic) bond motifs is 1. The van der Waals surface area contributed by atoms with Crippen LogP contribution in [0.3, 0.4) is 0 Å². The number of thiazole rings is 1. The van der Waals surface area contributed by atoms with Gasteiger partial charge < -0.3 is 23.4 Å². The molecule has 4 aromatic rings. The lowest BCUT2D eigenvalue weighted by atomic mass is 9.95. The molecule has 0 radical (unpaired) electrons. The van der Waals surface area contributed by atoms with Crippen molar-refractivity contribution in [3.63, 3.8) is 0 Å². The van der Waals surface area contributed by atoms with E-state index in [1.54, 1.807) is 68.5 Å². The van der Waals surface area contributed by atoms with Crippen molar-refractivity contribution in [3.05, 3.63) is 101 Å². The second kappa shape index (κ2) is 12.3. The van der Waals surface area contributed by atoms with Gasteiger partial charge in [-0.2, -0.15) is 0 Å². The van der Waals surface area contributed by atoms with E-state index in [2.05, 4.69) is 4.99 Å². The smallest absolute Gasteiger partial charge is 0.338 e. The van der Waals surface area contributed by atoms with Crippen LogP contribution in [0.5, 0.6) is 11.5 Å². The molecule has 2 aromatic carbocycles. The third-order valence-electron chi connectivity index (χ3n) is 6.79. The van der Waals surface area contributed by atoms with Crippen LogP contribution in [-0.2, 0) is 14.3 Å². The predicted molar refractivity (Wildman–Crippen MR) is 160 cm³/mol. The van der Waals surface area contributed by atoms with Crippen LogP contribution in [0.2, 0.25) is 5.02 Å². The minimum Gasteiger partial charge on any atom is -0.493 e. The van der Waals surface area contributed by atoms with Crippen LogP contribution in [0.4, 0.5) is 0 Å². The Labute approximate surface area is 255 Å². The van der Waals surface area contributed by atoms with Crippen molar-refractivity contribution in [2.75, 3.05) is 27.9 Å². The number of carbonyl (C=O) groups excluding carboxylic acids is 2. The monoisotopic (exact) mass is 622 g/mol. The van der Waals surface area contributed by atoms with Gasteiger partial charge in [0, 0.05) is 16.7 Å². The Kier molecular flexibility index (Phi) is 8.56. The third-order valence-corrected chi connectivity index (χ3v) is 8.01. The van der Waals surface area contributed by atoms with Gasteiger partial charge in [-0.25, -0.2) is 14.6 Å². The number of aromatic nitrogens is 1. The summed E-state index contributed by atoms with van der Waals surface area (Å²) in [6, 6.07) is 12.5. The molecular weight excluding hydrogens is 596 g/mol. The highest BCUT2D eigenvalue weighted by Crippen LogP contribution is 2.36. The zero-order chi connectivity index (χ0) is 30.8. The maximum absolute atomic E-state index is 13.9. The summed E-state index contributed by atoms with van der Waals surface area (Å²) in [5, 5.41) is 0.414. The molecule has 0 saturated heterocycles. The van der Waals surface area contributed by atoms with Crippen molar-refractivity contribution in [1.29, 1.82) is 0 Å². The van der Waals surface area contributed by atoms with Gasteiger partial charge in [-0.3, -0.25) is 9.36 Å². The zero-order valence-corrected chi connectivity index (χ0v) is 25.5. The molecule has 3 heterocycles. The molecule has 43 heavy (non-hydrogen) atoms. The number of ether oxygens (including phenoxy) is 4. The molecule has 2 aromatic heterocycles. The Hall–Kier alpha value is -4.61. The largest absolute Gasteiger partial charge is 0.493 e. The number of rotatable bonds is 8. The summed E-state index contributed by atoms with van der Waals surface area (Å²) in [4.78, 5) is 44.4. The van der Waals surface area contributed by atoms with Gasteiger partial charge in [-0.1, -0.05) is 29.0 Å². The van der Waals surface area contributed by atoms with E-state index in [0.29, 0.717) is 54.2 Å². The highest BCUT2D eigenvalue weighted by Gasteiger charge is 2.34. The van der Waals surface area contributed by atoms with E-state index in [0.717, 1.165) is 11.3 Å². The Morgan fingerprint density at radius 2 is 1.81 bits per heavy atom. The van der Waals surface area contributed by atoms with Crippen molar-refractivity contribution in [3.8, 4) is 22.8 Å². The van der Waals surface area contributed by atoms with Crippen molar-refractivity contribution in [2.45, 2.75) is 19.9 Å². The van der Waals surface area contributed by atoms with Gasteiger partial charge in [0.25, 0.3) is 5.56 Å². The van der Waals surface area contributed by atoms with Crippen molar-refractivity contribution in [2.24, 2.45) is 4.99 Å². The van der Waals surface area contributed by atoms with E-state index in [4.69, 9.17) is 35.0 Å². The number of hydrogen-bond donors (Lipinski definition) is 0. The average Bonchev–Trinajstić information content (AvgIpc) is 3.59. The molecule has 0 unspecified atom stereocenters. The summed E-state index contributed by atoms with van der Waals surface area (Å²) in [6.45, 7) is 3.58. The first-order chi connectivity index (χ1) is 20.7. The number of hydrogen-bond acceptors (Lipinski definition) is 10. The molecule has 0 amide bonds. The van der Waals surface area contributed by atoms with E-state index >= 15 is 0 Å². The second-order valence-corrected chi connectivity index (χ2v) is 10.7. The van der Waals surface area contributed by atoms with Gasteiger partial charge in [0.1, 0.15) is 11.5 Å². The predicted octanol–water partition coefficient (Wildman–Crippen LogP) is 4.52. The molecule has 10 nitrogen and oxygen atoms in total. The fourth-order valence-corrected chi connectivity index (χ4v) is 6.04. The van der Waals surface area contributed by atoms with Crippen LogP contribution in [-0.4, -0.2) is 44.4 Å². The minimum atomic E-state index is -0.835. The summed E-state index contributed by atoms with van der Waals surface area (Å²) in [7, 11) is 4.32. The maximum atomic E-state index is 13.9. The molecule has 12 heteroatoms. The van der Waals surface area contributed by atoms with Crippen molar-refractivity contribution in [1.82, 2.24) is 4.57 Å². The van der Waals surface area contributed by atoms with E-state index in [9.17, 15) is 14.4 Å². The number of nitrogens with zero attached hydrogens (tertiary/aromatic N) is 2.